The molecule has 166 valence electrons. The highest BCUT2D eigenvalue weighted by Crippen LogP contribution is 2.20. The Morgan fingerprint density at radius 3 is 2.32 bits per heavy atom. The summed E-state index contributed by atoms with van der Waals surface area (Å²) in [7, 11) is -1.92. The van der Waals surface area contributed by atoms with Crippen LogP contribution in [-0.2, 0) is 10.0 Å². The summed E-state index contributed by atoms with van der Waals surface area (Å²) in [6, 6.07) is 13.6. The lowest BCUT2D eigenvalue weighted by Gasteiger charge is -2.22. The Labute approximate surface area is 184 Å². The largest absolute Gasteiger partial charge is 0.372 e. The first-order valence-corrected chi connectivity index (χ1v) is 12.1. The van der Waals surface area contributed by atoms with Gasteiger partial charge in [-0.1, -0.05) is 6.92 Å². The highest BCUT2D eigenvalue weighted by atomic mass is 32.2. The molecule has 0 unspecified atom stereocenters. The second kappa shape index (κ2) is 9.96. The van der Waals surface area contributed by atoms with Crippen molar-refractivity contribution in [1.29, 1.82) is 0 Å². The van der Waals surface area contributed by atoms with E-state index in [4.69, 9.17) is 0 Å². The van der Waals surface area contributed by atoms with Crippen LogP contribution in [0.15, 0.2) is 57.8 Å². The van der Waals surface area contributed by atoms with E-state index in [1.54, 1.807) is 24.3 Å². The lowest BCUT2D eigenvalue weighted by Crippen LogP contribution is -2.23. The monoisotopic (exact) mass is 442 g/mol. The summed E-state index contributed by atoms with van der Waals surface area (Å²) >= 11 is 0. The topological polar surface area (TPSA) is 82.1 Å². The zero-order chi connectivity index (χ0) is 22.4. The van der Waals surface area contributed by atoms with Crippen LogP contribution < -0.4 is 10.2 Å². The number of hydrogen-bond acceptors (Lipinski definition) is 4. The van der Waals surface area contributed by atoms with Crippen molar-refractivity contribution in [3.63, 3.8) is 0 Å². The van der Waals surface area contributed by atoms with Gasteiger partial charge in [-0.05, 0) is 68.3 Å². The van der Waals surface area contributed by atoms with Crippen LogP contribution in [0.2, 0.25) is 0 Å². The van der Waals surface area contributed by atoms with Crippen molar-refractivity contribution in [2.45, 2.75) is 38.0 Å². The van der Waals surface area contributed by atoms with Gasteiger partial charge in [-0.2, -0.15) is 8.42 Å². The van der Waals surface area contributed by atoms with Crippen LogP contribution in [-0.4, -0.2) is 51.7 Å². The van der Waals surface area contributed by atoms with Gasteiger partial charge >= 0.3 is 0 Å². The van der Waals surface area contributed by atoms with Crippen molar-refractivity contribution >= 4 is 33.1 Å². The maximum absolute atomic E-state index is 12.6. The highest BCUT2D eigenvalue weighted by Gasteiger charge is 2.20. The molecule has 2 aromatic carbocycles. The first kappa shape index (κ1) is 22.8. The number of rotatable bonds is 8. The van der Waals surface area contributed by atoms with Crippen molar-refractivity contribution < 1.29 is 13.2 Å². The number of amidine groups is 1. The van der Waals surface area contributed by atoms with E-state index in [0.717, 1.165) is 38.2 Å². The molecule has 0 saturated carbocycles. The SMILES string of the molecule is CCCN(CC)c1ccc(C(=O)Nc2ccc(S(=O)(=O)/N=C3/CCCN3C)cc2)cc1. The quantitative estimate of drug-likeness (QED) is 0.669. The molecule has 0 aromatic heterocycles. The Morgan fingerprint density at radius 1 is 1.10 bits per heavy atom. The molecule has 0 atom stereocenters. The van der Waals surface area contributed by atoms with Crippen LogP contribution in [0, 0.1) is 0 Å². The normalized spacial score (nSPS) is 15.3. The number of benzene rings is 2. The van der Waals surface area contributed by atoms with Gasteiger partial charge in [-0.3, -0.25) is 4.79 Å². The molecule has 1 aliphatic rings. The first-order valence-electron chi connectivity index (χ1n) is 10.7. The number of nitrogens with zero attached hydrogens (tertiary/aromatic N) is 3. The molecule has 1 aliphatic heterocycles. The summed E-state index contributed by atoms with van der Waals surface area (Å²) in [4.78, 5) is 16.8. The van der Waals surface area contributed by atoms with Gasteiger partial charge in [-0.15, -0.1) is 4.40 Å². The van der Waals surface area contributed by atoms with Gasteiger partial charge < -0.3 is 15.1 Å². The van der Waals surface area contributed by atoms with Crippen molar-refractivity contribution in [2.24, 2.45) is 4.40 Å². The molecule has 1 amide bonds. The Morgan fingerprint density at radius 2 is 1.77 bits per heavy atom. The fraction of sp³-hybridized carbons (Fsp3) is 0.391. The Kier molecular flexibility index (Phi) is 7.33. The molecule has 0 spiro atoms. The van der Waals surface area contributed by atoms with E-state index in [9.17, 15) is 13.2 Å². The molecule has 1 N–H and O–H groups in total. The number of likely N-dealkylation sites (tertiary alicyclic amines) is 1. The second-order valence-corrected chi connectivity index (χ2v) is 9.22. The molecule has 31 heavy (non-hydrogen) atoms. The summed E-state index contributed by atoms with van der Waals surface area (Å²) in [6.07, 6.45) is 2.63. The standard InChI is InChI=1S/C23H30N4O3S/c1-4-16-27(5-2)20-12-8-18(9-13-20)23(28)24-19-10-14-21(15-11-19)31(29,30)25-22-7-6-17-26(22)3/h8-15H,4-7,16-17H2,1-3H3,(H,24,28)/b25-22-. The van der Waals surface area contributed by atoms with E-state index < -0.39 is 10.0 Å². The minimum absolute atomic E-state index is 0.109. The van der Waals surface area contributed by atoms with Gasteiger partial charge in [-0.25, -0.2) is 0 Å². The summed E-state index contributed by atoms with van der Waals surface area (Å²) in [5, 5.41) is 2.81. The van der Waals surface area contributed by atoms with Crippen LogP contribution in [0.3, 0.4) is 0 Å². The number of amides is 1. The minimum atomic E-state index is -3.77. The first-order chi connectivity index (χ1) is 14.8. The Bertz CT molecular complexity index is 1030. The molecule has 1 fully saturated rings. The molecule has 3 rings (SSSR count). The average Bonchev–Trinajstić information content (AvgIpc) is 3.16. The predicted molar refractivity (Wildman–Crippen MR) is 126 cm³/mol. The molecule has 0 radical (unpaired) electrons. The van der Waals surface area contributed by atoms with E-state index in [1.807, 2.05) is 24.1 Å². The number of anilines is 2. The summed E-state index contributed by atoms with van der Waals surface area (Å²) in [5.41, 5.74) is 2.16. The Balaban J connectivity index is 1.67. The van der Waals surface area contributed by atoms with Crippen LogP contribution in [0.4, 0.5) is 11.4 Å². The van der Waals surface area contributed by atoms with E-state index in [0.29, 0.717) is 23.5 Å². The van der Waals surface area contributed by atoms with Crippen molar-refractivity contribution in [2.75, 3.05) is 36.9 Å². The zero-order valence-electron chi connectivity index (χ0n) is 18.3. The van der Waals surface area contributed by atoms with E-state index >= 15 is 0 Å². The molecule has 1 heterocycles. The average molecular weight is 443 g/mol. The number of hydrogen-bond donors (Lipinski definition) is 1. The third-order valence-electron chi connectivity index (χ3n) is 5.34. The zero-order valence-corrected chi connectivity index (χ0v) is 19.2. The van der Waals surface area contributed by atoms with E-state index in [-0.39, 0.29) is 10.8 Å². The van der Waals surface area contributed by atoms with E-state index in [2.05, 4.69) is 28.5 Å². The van der Waals surface area contributed by atoms with Crippen molar-refractivity contribution in [1.82, 2.24) is 4.90 Å². The molecular formula is C23H30N4O3S. The van der Waals surface area contributed by atoms with Gasteiger partial charge in [0.1, 0.15) is 5.84 Å². The molecule has 2 aromatic rings. The number of sulfonamides is 1. The summed E-state index contributed by atoms with van der Waals surface area (Å²) in [5.74, 6) is 0.343. The van der Waals surface area contributed by atoms with Gasteiger partial charge in [0.05, 0.1) is 4.90 Å². The smallest absolute Gasteiger partial charge is 0.283 e. The summed E-state index contributed by atoms with van der Waals surface area (Å²) in [6.45, 7) is 6.95. The fourth-order valence-electron chi connectivity index (χ4n) is 3.58. The van der Waals surface area contributed by atoms with Gasteiger partial charge in [0, 0.05) is 50.0 Å². The molecule has 0 aliphatic carbocycles. The van der Waals surface area contributed by atoms with Crippen molar-refractivity contribution in [3.05, 3.63) is 54.1 Å². The number of nitrogens with one attached hydrogen (secondary N) is 1. The maximum atomic E-state index is 12.6. The van der Waals surface area contributed by atoms with E-state index in [1.165, 1.54) is 12.1 Å². The molecule has 8 heteroatoms. The molecule has 0 bridgehead atoms. The number of carbonyl (C=O) groups is 1. The van der Waals surface area contributed by atoms with Crippen molar-refractivity contribution in [3.8, 4) is 0 Å². The predicted octanol–water partition coefficient (Wildman–Crippen LogP) is 3.99. The van der Waals surface area contributed by atoms with Gasteiger partial charge in [0.25, 0.3) is 15.9 Å². The highest BCUT2D eigenvalue weighted by molar-refractivity contribution is 7.90. The van der Waals surface area contributed by atoms with Crippen LogP contribution in [0.25, 0.3) is 0 Å². The fourth-order valence-corrected chi connectivity index (χ4v) is 4.67. The van der Waals surface area contributed by atoms with Gasteiger partial charge in [0.15, 0.2) is 0 Å². The Hall–Kier alpha value is -2.87. The third-order valence-corrected chi connectivity index (χ3v) is 6.66. The second-order valence-electron chi connectivity index (χ2n) is 7.61. The lowest BCUT2D eigenvalue weighted by molar-refractivity contribution is 0.102. The van der Waals surface area contributed by atoms with Crippen LogP contribution >= 0.6 is 0 Å². The molecule has 7 nitrogen and oxygen atoms in total. The van der Waals surface area contributed by atoms with Crippen LogP contribution in [0.5, 0.6) is 0 Å². The minimum Gasteiger partial charge on any atom is -0.372 e. The number of carbonyl (C=O) groups excluding carboxylic acids is 1. The lowest BCUT2D eigenvalue weighted by atomic mass is 10.1. The van der Waals surface area contributed by atoms with Crippen LogP contribution in [0.1, 0.15) is 43.5 Å². The molecular weight excluding hydrogens is 412 g/mol. The maximum Gasteiger partial charge on any atom is 0.283 e. The molecule has 1 saturated heterocycles. The van der Waals surface area contributed by atoms with Gasteiger partial charge in [0.2, 0.25) is 0 Å². The summed E-state index contributed by atoms with van der Waals surface area (Å²) < 4.78 is 29.0. The third kappa shape index (κ3) is 5.64.